The van der Waals surface area contributed by atoms with E-state index in [1.54, 1.807) is 6.92 Å². The summed E-state index contributed by atoms with van der Waals surface area (Å²) in [5.41, 5.74) is -0.969. The molecule has 3 N–H and O–H groups in total. The maximum absolute atomic E-state index is 12.3. The molecule has 1 spiro atoms. The van der Waals surface area contributed by atoms with E-state index < -0.39 is 11.5 Å². The number of piperidine rings is 1. The average Bonchev–Trinajstić information content (AvgIpc) is 3.04. The number of carbonyl (C=O) groups excluding carboxylic acids is 1. The highest BCUT2D eigenvalue weighted by Crippen LogP contribution is 2.58. The van der Waals surface area contributed by atoms with E-state index in [1.807, 2.05) is 6.92 Å². The molecule has 1 heterocycles. The van der Waals surface area contributed by atoms with Crippen LogP contribution in [0, 0.1) is 11.3 Å². The molecule has 5 heteroatoms. The van der Waals surface area contributed by atoms with Gasteiger partial charge in [-0.15, -0.1) is 0 Å². The molecule has 5 nitrogen and oxygen atoms in total. The molecule has 2 rings (SSSR count). The Labute approximate surface area is 114 Å². The topological polar surface area (TPSA) is 78.4 Å². The molecule has 2 atom stereocenters. The second-order valence-corrected chi connectivity index (χ2v) is 6.25. The molecule has 0 aromatic carbocycles. The minimum Gasteiger partial charge on any atom is -0.480 e. The Balaban J connectivity index is 1.96. The van der Waals surface area contributed by atoms with Crippen LogP contribution >= 0.6 is 0 Å². The number of carbonyl (C=O) groups is 2. The molecule has 2 unspecified atom stereocenters. The first-order valence-corrected chi connectivity index (χ1v) is 7.20. The molecule has 0 aromatic rings. The molecule has 108 valence electrons. The molecule has 0 radical (unpaired) electrons. The second kappa shape index (κ2) is 5.12. The van der Waals surface area contributed by atoms with Crippen LogP contribution in [0.4, 0.5) is 0 Å². The van der Waals surface area contributed by atoms with Crippen molar-refractivity contribution < 1.29 is 14.7 Å². The average molecular weight is 268 g/mol. The highest BCUT2D eigenvalue weighted by atomic mass is 16.4. The summed E-state index contributed by atoms with van der Waals surface area (Å²) in [6, 6.07) is 0. The van der Waals surface area contributed by atoms with E-state index in [-0.39, 0.29) is 17.2 Å². The van der Waals surface area contributed by atoms with Crippen LogP contribution in [0.2, 0.25) is 0 Å². The monoisotopic (exact) mass is 268 g/mol. The number of hydrogen-bond acceptors (Lipinski definition) is 3. The van der Waals surface area contributed by atoms with E-state index in [0.717, 1.165) is 38.8 Å². The minimum atomic E-state index is -1.12. The summed E-state index contributed by atoms with van der Waals surface area (Å²) in [4.78, 5) is 23.6. The summed E-state index contributed by atoms with van der Waals surface area (Å²) >= 11 is 0. The SMILES string of the molecule is CCCC(C)(NC(=O)C1CC12CCNCC2)C(=O)O. The molecular weight excluding hydrogens is 244 g/mol. The second-order valence-electron chi connectivity index (χ2n) is 6.25. The number of aliphatic carboxylic acids is 1. The van der Waals surface area contributed by atoms with Gasteiger partial charge in [0.05, 0.1) is 0 Å². The van der Waals surface area contributed by atoms with Gasteiger partial charge in [0.2, 0.25) is 5.91 Å². The predicted octanol–water partition coefficient (Wildman–Crippen LogP) is 1.14. The van der Waals surface area contributed by atoms with Gasteiger partial charge in [0.1, 0.15) is 5.54 Å². The third-order valence-corrected chi connectivity index (χ3v) is 4.73. The number of nitrogens with one attached hydrogen (secondary N) is 2. The van der Waals surface area contributed by atoms with Crippen molar-refractivity contribution in [1.29, 1.82) is 0 Å². The van der Waals surface area contributed by atoms with Gasteiger partial charge in [0.15, 0.2) is 0 Å². The fourth-order valence-electron chi connectivity index (χ4n) is 3.28. The zero-order chi connectivity index (χ0) is 14.1. The van der Waals surface area contributed by atoms with Crippen molar-refractivity contribution in [3.05, 3.63) is 0 Å². The molecule has 0 aromatic heterocycles. The minimum absolute atomic E-state index is 0.0186. The van der Waals surface area contributed by atoms with Crippen molar-refractivity contribution in [1.82, 2.24) is 10.6 Å². The van der Waals surface area contributed by atoms with Crippen molar-refractivity contribution in [3.63, 3.8) is 0 Å². The van der Waals surface area contributed by atoms with Crippen LogP contribution in [0.25, 0.3) is 0 Å². The Hall–Kier alpha value is -1.10. The fourth-order valence-corrected chi connectivity index (χ4v) is 3.28. The lowest BCUT2D eigenvalue weighted by Crippen LogP contribution is -2.53. The van der Waals surface area contributed by atoms with Gasteiger partial charge in [0, 0.05) is 5.92 Å². The zero-order valence-corrected chi connectivity index (χ0v) is 11.8. The van der Waals surface area contributed by atoms with Crippen molar-refractivity contribution in [3.8, 4) is 0 Å². The van der Waals surface area contributed by atoms with Crippen molar-refractivity contribution in [2.75, 3.05) is 13.1 Å². The third kappa shape index (κ3) is 2.76. The van der Waals surface area contributed by atoms with Gasteiger partial charge in [-0.1, -0.05) is 13.3 Å². The first-order valence-electron chi connectivity index (χ1n) is 7.20. The van der Waals surface area contributed by atoms with E-state index in [1.165, 1.54) is 0 Å². The first-order chi connectivity index (χ1) is 8.93. The summed E-state index contributed by atoms with van der Waals surface area (Å²) in [6.45, 7) is 5.47. The number of carboxylic acids is 1. The summed E-state index contributed by atoms with van der Waals surface area (Å²) in [7, 11) is 0. The molecule has 1 aliphatic carbocycles. The van der Waals surface area contributed by atoms with Gasteiger partial charge in [-0.25, -0.2) is 4.79 Å². The fraction of sp³-hybridized carbons (Fsp3) is 0.857. The Morgan fingerprint density at radius 1 is 1.42 bits per heavy atom. The highest BCUT2D eigenvalue weighted by molar-refractivity contribution is 5.89. The van der Waals surface area contributed by atoms with Gasteiger partial charge in [-0.3, -0.25) is 4.79 Å². The number of hydrogen-bond donors (Lipinski definition) is 3. The van der Waals surface area contributed by atoms with Crippen LogP contribution in [0.5, 0.6) is 0 Å². The molecule has 1 saturated heterocycles. The van der Waals surface area contributed by atoms with Crippen LogP contribution in [-0.4, -0.2) is 35.6 Å². The lowest BCUT2D eigenvalue weighted by Gasteiger charge is -2.28. The van der Waals surface area contributed by atoms with E-state index >= 15 is 0 Å². The highest BCUT2D eigenvalue weighted by Gasteiger charge is 2.58. The van der Waals surface area contributed by atoms with Crippen molar-refractivity contribution in [2.45, 2.75) is 51.5 Å². The first kappa shape index (κ1) is 14.3. The summed E-state index contributed by atoms with van der Waals surface area (Å²) in [5, 5.41) is 15.4. The summed E-state index contributed by atoms with van der Waals surface area (Å²) in [5.74, 6) is -0.993. The lowest BCUT2D eigenvalue weighted by molar-refractivity contribution is -0.147. The van der Waals surface area contributed by atoms with Crippen molar-refractivity contribution in [2.24, 2.45) is 11.3 Å². The maximum Gasteiger partial charge on any atom is 0.329 e. The number of rotatable bonds is 5. The summed E-state index contributed by atoms with van der Waals surface area (Å²) < 4.78 is 0. The Morgan fingerprint density at radius 3 is 2.58 bits per heavy atom. The van der Waals surface area contributed by atoms with E-state index in [2.05, 4.69) is 10.6 Å². The molecule has 2 fully saturated rings. The third-order valence-electron chi connectivity index (χ3n) is 4.73. The van der Waals surface area contributed by atoms with Gasteiger partial charge in [-0.2, -0.15) is 0 Å². The molecule has 1 aliphatic heterocycles. The lowest BCUT2D eigenvalue weighted by atomic mass is 9.90. The largest absolute Gasteiger partial charge is 0.480 e. The Bertz CT molecular complexity index is 377. The number of amides is 1. The van der Waals surface area contributed by atoms with Crippen LogP contribution in [0.15, 0.2) is 0 Å². The Kier molecular flexibility index (Phi) is 3.85. The number of carboxylic acid groups (broad SMARTS) is 1. The molecule has 19 heavy (non-hydrogen) atoms. The van der Waals surface area contributed by atoms with Gasteiger partial charge < -0.3 is 15.7 Å². The van der Waals surface area contributed by atoms with Crippen LogP contribution in [-0.2, 0) is 9.59 Å². The molecule has 2 aliphatic rings. The quantitative estimate of drug-likeness (QED) is 0.698. The molecule has 1 saturated carbocycles. The normalized spacial score (nSPS) is 27.6. The van der Waals surface area contributed by atoms with Crippen LogP contribution in [0.3, 0.4) is 0 Å². The van der Waals surface area contributed by atoms with Crippen molar-refractivity contribution >= 4 is 11.9 Å². The van der Waals surface area contributed by atoms with Gasteiger partial charge >= 0.3 is 5.97 Å². The van der Waals surface area contributed by atoms with E-state index in [0.29, 0.717) is 6.42 Å². The smallest absolute Gasteiger partial charge is 0.329 e. The van der Waals surface area contributed by atoms with Crippen LogP contribution in [0.1, 0.15) is 46.0 Å². The predicted molar refractivity (Wildman–Crippen MR) is 71.7 cm³/mol. The van der Waals surface area contributed by atoms with E-state index in [9.17, 15) is 14.7 Å². The maximum atomic E-state index is 12.3. The van der Waals surface area contributed by atoms with Gasteiger partial charge in [0.25, 0.3) is 0 Å². The van der Waals surface area contributed by atoms with E-state index in [4.69, 9.17) is 0 Å². The Morgan fingerprint density at radius 2 is 2.05 bits per heavy atom. The summed E-state index contributed by atoms with van der Waals surface area (Å²) in [6.07, 6.45) is 4.19. The standard InChI is InChI=1S/C14H24N2O3/c1-3-4-13(2,12(18)19)16-11(17)10-9-14(10)5-7-15-8-6-14/h10,15H,3-9H2,1-2H3,(H,16,17)(H,18,19). The zero-order valence-electron chi connectivity index (χ0n) is 11.8. The van der Waals surface area contributed by atoms with Gasteiger partial charge in [-0.05, 0) is 51.1 Å². The molecule has 1 amide bonds. The van der Waals surface area contributed by atoms with Crippen LogP contribution < -0.4 is 10.6 Å². The molecular formula is C14H24N2O3. The molecule has 0 bridgehead atoms.